The topological polar surface area (TPSA) is 100 Å². The van der Waals surface area contributed by atoms with Crippen molar-refractivity contribution >= 4 is 38.9 Å². The predicted molar refractivity (Wildman–Crippen MR) is 98.1 cm³/mol. The first-order chi connectivity index (χ1) is 11.3. The predicted octanol–water partition coefficient (Wildman–Crippen LogP) is 2.21. The Labute approximate surface area is 143 Å². The monoisotopic (exact) mass is 346 g/mol. The maximum absolute atomic E-state index is 12.1. The summed E-state index contributed by atoms with van der Waals surface area (Å²) >= 11 is -1.01. The average Bonchev–Trinajstić information content (AvgIpc) is 2.85. The smallest absolute Gasteiger partial charge is 0.163 e. The van der Waals surface area contributed by atoms with E-state index in [4.69, 9.17) is 5.73 Å². The number of anilines is 1. The maximum Gasteiger partial charge on any atom is 0.163 e. The Hall–Kier alpha value is -1.83. The number of imidazole rings is 1. The normalized spacial score (nSPS) is 13.7. The van der Waals surface area contributed by atoms with Crippen LogP contribution in [0, 0.1) is 0 Å². The Morgan fingerprint density at radius 3 is 2.67 bits per heavy atom. The van der Waals surface area contributed by atoms with Gasteiger partial charge in [-0.25, -0.2) is 9.97 Å². The molecular weight excluding hydrogens is 324 g/mol. The van der Waals surface area contributed by atoms with Gasteiger partial charge in [-0.15, -0.1) is 0 Å². The van der Waals surface area contributed by atoms with Crippen LogP contribution in [0.1, 0.15) is 26.6 Å². The number of aromatic nitrogens is 3. The number of fused-ring (bicyclic) bond motifs is 3. The number of para-hydroxylation sites is 1. The number of pyridine rings is 1. The van der Waals surface area contributed by atoms with Crippen molar-refractivity contribution in [1.82, 2.24) is 14.5 Å². The molecule has 0 saturated heterocycles. The van der Waals surface area contributed by atoms with Crippen molar-refractivity contribution in [3.8, 4) is 0 Å². The molecule has 1 unspecified atom stereocenters. The third kappa shape index (κ3) is 3.19. The van der Waals surface area contributed by atoms with Crippen LogP contribution in [0.2, 0.25) is 0 Å². The first-order valence-electron chi connectivity index (χ1n) is 7.91. The SMILES string of the molecule is CC[S+]([O-])Cc1nc2c(N)nc3ccccc3c2n1CC(C)(C)O. The van der Waals surface area contributed by atoms with Crippen molar-refractivity contribution < 1.29 is 9.66 Å². The van der Waals surface area contributed by atoms with Gasteiger partial charge >= 0.3 is 0 Å². The van der Waals surface area contributed by atoms with Gasteiger partial charge in [0.25, 0.3) is 0 Å². The average molecular weight is 346 g/mol. The van der Waals surface area contributed by atoms with E-state index in [1.54, 1.807) is 13.8 Å². The molecule has 6 nitrogen and oxygen atoms in total. The molecule has 24 heavy (non-hydrogen) atoms. The standard InChI is InChI=1S/C17H22N4O2S/c1-4-24(23)9-13-20-14-15(21(13)10-17(2,3)22)11-7-5-6-8-12(11)19-16(14)18/h5-8,22H,4,9-10H2,1-3H3,(H2,18,19). The number of nitrogens with two attached hydrogens (primary N) is 1. The quantitative estimate of drug-likeness (QED) is 0.690. The van der Waals surface area contributed by atoms with Gasteiger partial charge in [0.15, 0.2) is 17.4 Å². The number of nitrogens with zero attached hydrogens (tertiary/aromatic N) is 3. The second kappa shape index (κ2) is 6.23. The third-order valence-electron chi connectivity index (χ3n) is 3.85. The number of hydrogen-bond donors (Lipinski definition) is 2. The Kier molecular flexibility index (Phi) is 4.42. The van der Waals surface area contributed by atoms with E-state index >= 15 is 0 Å². The molecule has 2 heterocycles. The van der Waals surface area contributed by atoms with E-state index in [9.17, 15) is 9.66 Å². The summed E-state index contributed by atoms with van der Waals surface area (Å²) in [4.78, 5) is 9.02. The van der Waals surface area contributed by atoms with Crippen molar-refractivity contribution in [1.29, 1.82) is 0 Å². The van der Waals surface area contributed by atoms with Crippen LogP contribution in [-0.4, -0.2) is 35.5 Å². The third-order valence-corrected chi connectivity index (χ3v) is 5.07. The number of aliphatic hydroxyl groups is 1. The molecular formula is C17H22N4O2S. The number of rotatable bonds is 5. The molecule has 0 amide bonds. The van der Waals surface area contributed by atoms with Gasteiger partial charge in [-0.2, -0.15) is 0 Å². The van der Waals surface area contributed by atoms with Gasteiger partial charge < -0.3 is 20.0 Å². The molecule has 0 fully saturated rings. The lowest BCUT2D eigenvalue weighted by atomic mass is 10.1. The van der Waals surface area contributed by atoms with Gasteiger partial charge in [0.05, 0.1) is 23.2 Å². The second-order valence-corrected chi connectivity index (χ2v) is 8.26. The number of hydrogen-bond acceptors (Lipinski definition) is 5. The minimum atomic E-state index is -1.01. The summed E-state index contributed by atoms with van der Waals surface area (Å²) in [6.45, 7) is 5.70. The molecule has 2 aromatic heterocycles. The number of nitrogen functional groups attached to an aromatic ring is 1. The molecule has 3 aromatic rings. The zero-order valence-corrected chi connectivity index (χ0v) is 14.9. The van der Waals surface area contributed by atoms with Crippen molar-refractivity contribution in [2.45, 2.75) is 38.7 Å². The minimum absolute atomic E-state index is 0.328. The first kappa shape index (κ1) is 17.0. The summed E-state index contributed by atoms with van der Waals surface area (Å²) in [7, 11) is 0. The van der Waals surface area contributed by atoms with Crippen LogP contribution >= 0.6 is 0 Å². The molecule has 0 aliphatic heterocycles. The molecule has 0 spiro atoms. The molecule has 0 radical (unpaired) electrons. The van der Waals surface area contributed by atoms with Crippen LogP contribution in [0.5, 0.6) is 0 Å². The Bertz CT molecular complexity index is 886. The van der Waals surface area contributed by atoms with Gasteiger partial charge in [0.1, 0.15) is 11.3 Å². The van der Waals surface area contributed by atoms with E-state index in [1.807, 2.05) is 35.8 Å². The molecule has 0 bridgehead atoms. The molecule has 0 aliphatic rings. The van der Waals surface area contributed by atoms with E-state index in [0.29, 0.717) is 35.2 Å². The van der Waals surface area contributed by atoms with Gasteiger partial charge in [-0.1, -0.05) is 18.2 Å². The molecule has 1 atom stereocenters. The molecule has 7 heteroatoms. The summed E-state index contributed by atoms with van der Waals surface area (Å²) in [6.07, 6.45) is 0. The lowest BCUT2D eigenvalue weighted by Gasteiger charge is -2.21. The largest absolute Gasteiger partial charge is 0.616 e. The highest BCUT2D eigenvalue weighted by Gasteiger charge is 2.24. The lowest BCUT2D eigenvalue weighted by Crippen LogP contribution is -2.27. The maximum atomic E-state index is 12.1. The summed E-state index contributed by atoms with van der Waals surface area (Å²) in [5.41, 5.74) is 7.39. The van der Waals surface area contributed by atoms with Crippen molar-refractivity contribution in [3.63, 3.8) is 0 Å². The van der Waals surface area contributed by atoms with E-state index in [1.165, 1.54) is 0 Å². The first-order valence-corrected chi connectivity index (χ1v) is 9.39. The Balaban J connectivity index is 2.32. The molecule has 3 N–H and O–H groups in total. The Morgan fingerprint density at radius 2 is 2.00 bits per heavy atom. The molecule has 0 saturated carbocycles. The summed E-state index contributed by atoms with van der Waals surface area (Å²) in [6, 6.07) is 7.71. The van der Waals surface area contributed by atoms with Crippen molar-refractivity contribution in [2.24, 2.45) is 0 Å². The fourth-order valence-corrected chi connectivity index (χ4v) is 3.53. The van der Waals surface area contributed by atoms with Crippen LogP contribution in [0.25, 0.3) is 21.9 Å². The molecule has 0 aliphatic carbocycles. The zero-order chi connectivity index (χ0) is 17.5. The van der Waals surface area contributed by atoms with Gasteiger partial charge in [0.2, 0.25) is 0 Å². The van der Waals surface area contributed by atoms with E-state index in [-0.39, 0.29) is 0 Å². The van der Waals surface area contributed by atoms with E-state index < -0.39 is 16.8 Å². The fourth-order valence-electron chi connectivity index (χ4n) is 2.82. The van der Waals surface area contributed by atoms with Crippen LogP contribution in [-0.2, 0) is 23.5 Å². The van der Waals surface area contributed by atoms with Gasteiger partial charge in [-0.3, -0.25) is 0 Å². The summed E-state index contributed by atoms with van der Waals surface area (Å²) in [5.74, 6) is 1.90. The van der Waals surface area contributed by atoms with Crippen LogP contribution < -0.4 is 5.73 Å². The van der Waals surface area contributed by atoms with E-state index in [2.05, 4.69) is 9.97 Å². The van der Waals surface area contributed by atoms with Crippen molar-refractivity contribution in [2.75, 3.05) is 11.5 Å². The lowest BCUT2D eigenvalue weighted by molar-refractivity contribution is 0.0620. The molecule has 3 rings (SSSR count). The highest BCUT2D eigenvalue weighted by molar-refractivity contribution is 7.90. The van der Waals surface area contributed by atoms with Crippen LogP contribution in [0.3, 0.4) is 0 Å². The molecule has 1 aromatic carbocycles. The molecule has 128 valence electrons. The number of benzene rings is 1. The fraction of sp³-hybridized carbons (Fsp3) is 0.412. The highest BCUT2D eigenvalue weighted by Crippen LogP contribution is 2.30. The Morgan fingerprint density at radius 1 is 1.29 bits per heavy atom. The zero-order valence-electron chi connectivity index (χ0n) is 14.1. The summed E-state index contributed by atoms with van der Waals surface area (Å²) in [5, 5.41) is 11.3. The minimum Gasteiger partial charge on any atom is -0.616 e. The summed E-state index contributed by atoms with van der Waals surface area (Å²) < 4.78 is 14.0. The van der Waals surface area contributed by atoms with E-state index in [0.717, 1.165) is 16.4 Å². The van der Waals surface area contributed by atoms with Crippen molar-refractivity contribution in [3.05, 3.63) is 30.1 Å². The van der Waals surface area contributed by atoms with Gasteiger partial charge in [-0.05, 0) is 38.0 Å². The van der Waals surface area contributed by atoms with Crippen LogP contribution in [0.4, 0.5) is 5.82 Å². The van der Waals surface area contributed by atoms with Gasteiger partial charge in [0, 0.05) is 5.39 Å². The van der Waals surface area contributed by atoms with Crippen LogP contribution in [0.15, 0.2) is 24.3 Å². The highest BCUT2D eigenvalue weighted by atomic mass is 32.2. The second-order valence-electron chi connectivity index (χ2n) is 6.51.